The summed E-state index contributed by atoms with van der Waals surface area (Å²) in [4.78, 5) is 11.4. The maximum atomic E-state index is 11.4. The fourth-order valence-corrected chi connectivity index (χ4v) is 5.61. The normalized spacial score (nSPS) is 15.2. The number of aliphatic carboxylic acids is 1. The van der Waals surface area contributed by atoms with Gasteiger partial charge in [0.2, 0.25) is 0 Å². The first-order chi connectivity index (χ1) is 21.0. The number of carboxylic acids is 1. The van der Waals surface area contributed by atoms with Crippen LogP contribution in [0.25, 0.3) is 12.2 Å². The number of rotatable bonds is 13. The molecule has 0 aliphatic heterocycles. The molecule has 0 aromatic heterocycles. The van der Waals surface area contributed by atoms with Gasteiger partial charge in [-0.25, -0.2) is 4.79 Å². The zero-order chi connectivity index (χ0) is 30.2. The van der Waals surface area contributed by atoms with Gasteiger partial charge in [0.15, 0.2) is 6.10 Å². The Balaban J connectivity index is 1.30. The number of ether oxygens (including phenoxy) is 3. The molecule has 0 amide bonds. The minimum Gasteiger partial charge on any atom is -0.491 e. The minimum absolute atomic E-state index is 0.218. The van der Waals surface area contributed by atoms with E-state index in [1.54, 1.807) is 6.92 Å². The molecular formula is C38H40O5. The van der Waals surface area contributed by atoms with Crippen molar-refractivity contribution in [3.05, 3.63) is 136 Å². The molecule has 0 bridgehead atoms. The van der Waals surface area contributed by atoms with Crippen LogP contribution in [-0.4, -0.2) is 37.0 Å². The average molecular weight is 577 g/mol. The van der Waals surface area contributed by atoms with Crippen molar-refractivity contribution in [2.24, 2.45) is 0 Å². The maximum Gasteiger partial charge on any atom is 0.333 e. The highest BCUT2D eigenvalue weighted by molar-refractivity contribution is 5.77. The van der Waals surface area contributed by atoms with E-state index in [0.717, 1.165) is 23.1 Å². The maximum absolute atomic E-state index is 11.4. The van der Waals surface area contributed by atoms with E-state index in [9.17, 15) is 9.90 Å². The molecule has 4 aromatic rings. The molecule has 222 valence electrons. The molecule has 0 fully saturated rings. The molecule has 0 radical (unpaired) electrons. The van der Waals surface area contributed by atoms with Crippen molar-refractivity contribution in [3.63, 3.8) is 0 Å². The minimum atomic E-state index is -0.955. The number of benzene rings is 4. The lowest BCUT2D eigenvalue weighted by Gasteiger charge is -2.23. The molecule has 5 rings (SSSR count). The van der Waals surface area contributed by atoms with Gasteiger partial charge in [0, 0.05) is 18.9 Å². The number of hydrogen-bond acceptors (Lipinski definition) is 4. The van der Waals surface area contributed by atoms with E-state index in [4.69, 9.17) is 14.2 Å². The molecule has 43 heavy (non-hydrogen) atoms. The summed E-state index contributed by atoms with van der Waals surface area (Å²) in [6.07, 6.45) is 4.66. The van der Waals surface area contributed by atoms with Gasteiger partial charge in [0.1, 0.15) is 18.5 Å². The Morgan fingerprint density at radius 3 is 2.14 bits per heavy atom. The summed E-state index contributed by atoms with van der Waals surface area (Å²) in [6.45, 7) is 7.38. The van der Waals surface area contributed by atoms with Gasteiger partial charge in [-0.15, -0.1) is 0 Å². The summed E-state index contributed by atoms with van der Waals surface area (Å²) in [6, 6.07) is 31.5. The summed E-state index contributed by atoms with van der Waals surface area (Å²) in [5.41, 5.74) is 9.41. The van der Waals surface area contributed by atoms with Gasteiger partial charge in [0.25, 0.3) is 0 Å². The van der Waals surface area contributed by atoms with E-state index >= 15 is 0 Å². The first-order valence-corrected chi connectivity index (χ1v) is 15.1. The third-order valence-electron chi connectivity index (χ3n) is 8.10. The third-order valence-corrected chi connectivity index (χ3v) is 8.10. The first kappa shape index (κ1) is 30.3. The highest BCUT2D eigenvalue weighted by atomic mass is 16.5. The highest BCUT2D eigenvalue weighted by Crippen LogP contribution is 2.38. The van der Waals surface area contributed by atoms with Gasteiger partial charge in [-0.2, -0.15) is 0 Å². The summed E-state index contributed by atoms with van der Waals surface area (Å²) in [5.74, 6) is 0.0423. The van der Waals surface area contributed by atoms with Crippen LogP contribution in [0.4, 0.5) is 0 Å². The lowest BCUT2D eigenvalue weighted by molar-refractivity contribution is -0.149. The summed E-state index contributed by atoms with van der Waals surface area (Å²) >= 11 is 0. The predicted octanol–water partition coefficient (Wildman–Crippen LogP) is 8.10. The van der Waals surface area contributed by atoms with Gasteiger partial charge < -0.3 is 19.3 Å². The lowest BCUT2D eigenvalue weighted by Crippen LogP contribution is -2.26. The van der Waals surface area contributed by atoms with Crippen molar-refractivity contribution >= 4 is 18.1 Å². The lowest BCUT2D eigenvalue weighted by atomic mass is 9.89. The van der Waals surface area contributed by atoms with E-state index in [-0.39, 0.29) is 12.0 Å². The molecule has 4 aromatic carbocycles. The smallest absolute Gasteiger partial charge is 0.333 e. The SMILES string of the molecule is CCOC(Cc1ccc(OCCOC2c3ccc(CC)cc3C=Cc3cc(C(C)c4ccccc4)ccc32)cc1)C(=O)O. The van der Waals surface area contributed by atoms with Crippen LogP contribution in [0.2, 0.25) is 0 Å². The molecular weight excluding hydrogens is 536 g/mol. The zero-order valence-electron chi connectivity index (χ0n) is 25.2. The number of carbonyl (C=O) groups is 1. The van der Waals surface area contributed by atoms with Gasteiger partial charge >= 0.3 is 5.97 Å². The van der Waals surface area contributed by atoms with Crippen LogP contribution in [0.5, 0.6) is 5.75 Å². The summed E-state index contributed by atoms with van der Waals surface area (Å²) < 4.78 is 17.9. The van der Waals surface area contributed by atoms with Crippen LogP contribution in [-0.2, 0) is 27.1 Å². The molecule has 1 aliphatic rings. The third kappa shape index (κ3) is 7.42. The second kappa shape index (κ2) is 14.3. The van der Waals surface area contributed by atoms with Crippen LogP contribution in [0, 0.1) is 0 Å². The van der Waals surface area contributed by atoms with Crippen LogP contribution in [0.1, 0.15) is 77.3 Å². The van der Waals surface area contributed by atoms with Crippen molar-refractivity contribution < 1.29 is 24.1 Å². The van der Waals surface area contributed by atoms with E-state index in [2.05, 4.69) is 92.7 Å². The number of hydrogen-bond donors (Lipinski definition) is 1. The van der Waals surface area contributed by atoms with Gasteiger partial charge in [-0.05, 0) is 70.0 Å². The molecule has 5 heteroatoms. The van der Waals surface area contributed by atoms with Crippen molar-refractivity contribution in [1.82, 2.24) is 0 Å². The van der Waals surface area contributed by atoms with Crippen LogP contribution in [0.15, 0.2) is 91.0 Å². The second-order valence-corrected chi connectivity index (χ2v) is 10.9. The van der Waals surface area contributed by atoms with Crippen LogP contribution >= 0.6 is 0 Å². The molecule has 3 unspecified atom stereocenters. The molecule has 0 saturated heterocycles. The fraction of sp³-hybridized carbons (Fsp3) is 0.289. The molecule has 0 saturated carbocycles. The van der Waals surface area contributed by atoms with Crippen molar-refractivity contribution in [1.29, 1.82) is 0 Å². The molecule has 3 atom stereocenters. The predicted molar refractivity (Wildman–Crippen MR) is 172 cm³/mol. The Morgan fingerprint density at radius 2 is 1.47 bits per heavy atom. The van der Waals surface area contributed by atoms with E-state index in [1.165, 1.54) is 27.8 Å². The monoisotopic (exact) mass is 576 g/mol. The Morgan fingerprint density at radius 1 is 0.791 bits per heavy atom. The van der Waals surface area contributed by atoms with Crippen LogP contribution in [0.3, 0.4) is 0 Å². The van der Waals surface area contributed by atoms with Crippen LogP contribution < -0.4 is 4.74 Å². The van der Waals surface area contributed by atoms with Gasteiger partial charge in [-0.1, -0.05) is 105 Å². The number of fused-ring (bicyclic) bond motifs is 2. The fourth-order valence-electron chi connectivity index (χ4n) is 5.61. The Bertz CT molecular complexity index is 1540. The quantitative estimate of drug-likeness (QED) is 0.163. The number of aryl methyl sites for hydroxylation is 1. The van der Waals surface area contributed by atoms with E-state index in [1.807, 2.05) is 24.3 Å². The number of carboxylic acid groups (broad SMARTS) is 1. The van der Waals surface area contributed by atoms with Crippen molar-refractivity contribution in [3.8, 4) is 5.75 Å². The Kier molecular flexibility index (Phi) is 10.1. The molecule has 0 heterocycles. The van der Waals surface area contributed by atoms with Crippen molar-refractivity contribution in [2.45, 2.75) is 51.7 Å². The summed E-state index contributed by atoms with van der Waals surface area (Å²) in [7, 11) is 0. The zero-order valence-corrected chi connectivity index (χ0v) is 25.2. The van der Waals surface area contributed by atoms with E-state index < -0.39 is 12.1 Å². The topological polar surface area (TPSA) is 65.0 Å². The second-order valence-electron chi connectivity index (χ2n) is 10.9. The molecule has 0 spiro atoms. The Hall–Kier alpha value is -4.19. The van der Waals surface area contributed by atoms with Crippen molar-refractivity contribution in [2.75, 3.05) is 19.8 Å². The molecule has 5 nitrogen and oxygen atoms in total. The van der Waals surface area contributed by atoms with E-state index in [0.29, 0.717) is 32.0 Å². The van der Waals surface area contributed by atoms with Gasteiger partial charge in [0.05, 0.1) is 6.61 Å². The largest absolute Gasteiger partial charge is 0.491 e. The first-order valence-electron chi connectivity index (χ1n) is 15.1. The Labute approximate surface area is 254 Å². The van der Waals surface area contributed by atoms with Gasteiger partial charge in [-0.3, -0.25) is 0 Å². The molecule has 1 N–H and O–H groups in total. The molecule has 1 aliphatic carbocycles. The standard InChI is InChI=1S/C38H40O5/c1-4-27-13-19-34-31(23-27)14-15-32-25-30(26(3)29-9-7-6-8-10-29)16-20-35(32)37(34)43-22-21-42-33-17-11-28(12-18-33)24-36(38(39)40)41-5-2/h6-20,23,25-26,36-37H,4-5,21-22,24H2,1-3H3,(H,39,40). The average Bonchev–Trinajstić information content (AvgIpc) is 3.19. The highest BCUT2D eigenvalue weighted by Gasteiger charge is 2.24. The summed E-state index contributed by atoms with van der Waals surface area (Å²) in [5, 5.41) is 9.35.